The van der Waals surface area contributed by atoms with E-state index in [1.54, 1.807) is 0 Å². The zero-order valence-corrected chi connectivity index (χ0v) is 20.7. The number of hydrogen-bond acceptors (Lipinski definition) is 2. The van der Waals surface area contributed by atoms with Gasteiger partial charge in [0, 0.05) is 38.7 Å². The summed E-state index contributed by atoms with van der Waals surface area (Å²) in [6.45, 7) is 0. The predicted molar refractivity (Wildman–Crippen MR) is 165 cm³/mol. The Bertz CT molecular complexity index is 2200. The SMILES string of the molecule is Nc1ccc2ccc3c(N)c(-c4cccc5ccccc45)c(-c4cccc5ccccc45)c4ccc1c2c34. The van der Waals surface area contributed by atoms with E-state index in [0.717, 1.165) is 33.3 Å². The van der Waals surface area contributed by atoms with Crippen molar-refractivity contribution >= 4 is 65.2 Å². The number of nitrogen functional groups attached to an aromatic ring is 2. The van der Waals surface area contributed by atoms with Gasteiger partial charge in [-0.3, -0.25) is 0 Å². The van der Waals surface area contributed by atoms with Gasteiger partial charge in [-0.1, -0.05) is 115 Å². The molecular weight excluding hydrogens is 460 g/mol. The molecule has 0 aliphatic heterocycles. The van der Waals surface area contributed by atoms with Crippen molar-refractivity contribution in [2.45, 2.75) is 0 Å². The highest BCUT2D eigenvalue weighted by Crippen LogP contribution is 2.51. The van der Waals surface area contributed by atoms with Gasteiger partial charge in [0.05, 0.1) is 0 Å². The summed E-state index contributed by atoms with van der Waals surface area (Å²) >= 11 is 0. The molecule has 0 unspecified atom stereocenters. The molecule has 0 saturated heterocycles. The molecule has 0 amide bonds. The second-order valence-electron chi connectivity index (χ2n) is 10.1. The molecule has 0 aliphatic rings. The molecule has 8 aromatic carbocycles. The van der Waals surface area contributed by atoms with Crippen LogP contribution in [0.4, 0.5) is 11.4 Å². The van der Waals surface area contributed by atoms with E-state index in [1.807, 2.05) is 6.07 Å². The molecule has 0 radical (unpaired) electrons. The van der Waals surface area contributed by atoms with Crippen LogP contribution >= 0.6 is 0 Å². The molecule has 4 N–H and O–H groups in total. The fraction of sp³-hybridized carbons (Fsp3) is 0. The Labute approximate surface area is 220 Å². The standard InChI is InChI=1S/C36H24N2/c37-31-20-16-23-15-17-30-34-29(19-18-28(31)32(23)34)33(26-13-5-9-21-7-1-3-11-24(21)26)35(36(30)38)27-14-6-10-22-8-2-4-12-25(22)27/h1-20H,37-38H2. The lowest BCUT2D eigenvalue weighted by atomic mass is 9.81. The monoisotopic (exact) mass is 484 g/mol. The van der Waals surface area contributed by atoms with Crippen LogP contribution in [0.3, 0.4) is 0 Å². The summed E-state index contributed by atoms with van der Waals surface area (Å²) in [4.78, 5) is 0. The molecule has 0 fully saturated rings. The van der Waals surface area contributed by atoms with Gasteiger partial charge in [0.15, 0.2) is 0 Å². The van der Waals surface area contributed by atoms with E-state index in [4.69, 9.17) is 11.5 Å². The zero-order chi connectivity index (χ0) is 25.4. The minimum atomic E-state index is 0.787. The van der Waals surface area contributed by atoms with Crippen molar-refractivity contribution in [2.75, 3.05) is 11.5 Å². The fourth-order valence-electron chi connectivity index (χ4n) is 6.45. The van der Waals surface area contributed by atoms with E-state index in [-0.39, 0.29) is 0 Å². The van der Waals surface area contributed by atoms with Crippen LogP contribution in [0, 0.1) is 0 Å². The largest absolute Gasteiger partial charge is 0.398 e. The maximum atomic E-state index is 7.24. The number of fused-ring (bicyclic) bond motifs is 2. The first-order valence-electron chi connectivity index (χ1n) is 13.0. The van der Waals surface area contributed by atoms with E-state index in [0.29, 0.717) is 0 Å². The molecular formula is C36H24N2. The zero-order valence-electron chi connectivity index (χ0n) is 20.7. The number of anilines is 2. The van der Waals surface area contributed by atoms with Gasteiger partial charge in [0.2, 0.25) is 0 Å². The molecule has 0 saturated carbocycles. The maximum absolute atomic E-state index is 7.24. The Hall–Kier alpha value is -5.08. The Kier molecular flexibility index (Phi) is 4.27. The van der Waals surface area contributed by atoms with Crippen LogP contribution in [-0.2, 0) is 0 Å². The second kappa shape index (κ2) is 7.71. The van der Waals surface area contributed by atoms with Crippen LogP contribution in [0.1, 0.15) is 0 Å². The van der Waals surface area contributed by atoms with Crippen molar-refractivity contribution < 1.29 is 0 Å². The summed E-state index contributed by atoms with van der Waals surface area (Å²) < 4.78 is 0. The summed E-state index contributed by atoms with van der Waals surface area (Å²) in [5, 5.41) is 11.7. The van der Waals surface area contributed by atoms with Gasteiger partial charge < -0.3 is 11.5 Å². The number of benzene rings is 8. The van der Waals surface area contributed by atoms with Gasteiger partial charge in [-0.2, -0.15) is 0 Å². The van der Waals surface area contributed by atoms with E-state index in [9.17, 15) is 0 Å². The van der Waals surface area contributed by atoms with E-state index in [1.165, 1.54) is 54.2 Å². The number of hydrogen-bond donors (Lipinski definition) is 2. The van der Waals surface area contributed by atoms with Crippen LogP contribution < -0.4 is 11.5 Å². The van der Waals surface area contributed by atoms with Crippen LogP contribution in [-0.4, -0.2) is 0 Å². The quantitative estimate of drug-likeness (QED) is 0.190. The minimum Gasteiger partial charge on any atom is -0.398 e. The topological polar surface area (TPSA) is 52.0 Å². The van der Waals surface area contributed by atoms with Gasteiger partial charge in [-0.05, 0) is 54.9 Å². The van der Waals surface area contributed by atoms with Crippen LogP contribution in [0.25, 0.3) is 76.1 Å². The van der Waals surface area contributed by atoms with Crippen molar-refractivity contribution in [1.29, 1.82) is 0 Å². The third kappa shape index (κ3) is 2.77. The third-order valence-corrected chi connectivity index (χ3v) is 8.14. The van der Waals surface area contributed by atoms with E-state index >= 15 is 0 Å². The molecule has 8 rings (SSSR count). The van der Waals surface area contributed by atoms with Gasteiger partial charge in [0.1, 0.15) is 0 Å². The van der Waals surface area contributed by atoms with Crippen LogP contribution in [0.2, 0.25) is 0 Å². The normalized spacial score (nSPS) is 11.9. The van der Waals surface area contributed by atoms with E-state index in [2.05, 4.69) is 115 Å². The maximum Gasteiger partial charge on any atom is 0.0480 e. The molecule has 0 atom stereocenters. The highest BCUT2D eigenvalue weighted by atomic mass is 14.6. The summed E-state index contributed by atoms with van der Waals surface area (Å²) in [5.74, 6) is 0. The number of rotatable bonds is 2. The smallest absolute Gasteiger partial charge is 0.0480 e. The van der Waals surface area contributed by atoms with Crippen molar-refractivity contribution in [1.82, 2.24) is 0 Å². The molecule has 0 aromatic heterocycles. The second-order valence-corrected chi connectivity index (χ2v) is 10.1. The Morgan fingerprint density at radius 3 is 1.61 bits per heavy atom. The van der Waals surface area contributed by atoms with Crippen LogP contribution in [0.15, 0.2) is 121 Å². The highest BCUT2D eigenvalue weighted by molar-refractivity contribution is 6.33. The average Bonchev–Trinajstić information content (AvgIpc) is 2.97. The van der Waals surface area contributed by atoms with Gasteiger partial charge in [-0.25, -0.2) is 0 Å². The summed E-state index contributed by atoms with van der Waals surface area (Å²) in [5.41, 5.74) is 19.9. The van der Waals surface area contributed by atoms with Gasteiger partial charge >= 0.3 is 0 Å². The summed E-state index contributed by atoms with van der Waals surface area (Å²) in [6, 6.07) is 43.1. The first-order valence-corrected chi connectivity index (χ1v) is 13.0. The lowest BCUT2D eigenvalue weighted by molar-refractivity contribution is 1.66. The Morgan fingerprint density at radius 1 is 0.342 bits per heavy atom. The number of nitrogens with two attached hydrogens (primary N) is 2. The highest BCUT2D eigenvalue weighted by Gasteiger charge is 2.23. The molecule has 178 valence electrons. The van der Waals surface area contributed by atoms with Crippen LogP contribution in [0.5, 0.6) is 0 Å². The predicted octanol–water partition coefficient (Wildman–Crippen LogP) is 9.39. The van der Waals surface area contributed by atoms with Crippen molar-refractivity contribution in [3.05, 3.63) is 121 Å². The molecule has 0 spiro atoms. The van der Waals surface area contributed by atoms with Crippen molar-refractivity contribution in [2.24, 2.45) is 0 Å². The average molecular weight is 485 g/mol. The first kappa shape index (κ1) is 21.0. The lowest BCUT2D eigenvalue weighted by Crippen LogP contribution is -2.00. The van der Waals surface area contributed by atoms with Crippen molar-refractivity contribution in [3.63, 3.8) is 0 Å². The minimum absolute atomic E-state index is 0.787. The summed E-state index contributed by atoms with van der Waals surface area (Å²) in [7, 11) is 0. The molecule has 0 heterocycles. The van der Waals surface area contributed by atoms with Crippen molar-refractivity contribution in [3.8, 4) is 22.3 Å². The lowest BCUT2D eigenvalue weighted by Gasteiger charge is -2.23. The van der Waals surface area contributed by atoms with Gasteiger partial charge in [-0.15, -0.1) is 0 Å². The van der Waals surface area contributed by atoms with E-state index < -0.39 is 0 Å². The molecule has 38 heavy (non-hydrogen) atoms. The third-order valence-electron chi connectivity index (χ3n) is 8.14. The van der Waals surface area contributed by atoms with Gasteiger partial charge in [0.25, 0.3) is 0 Å². The fourth-order valence-corrected chi connectivity index (χ4v) is 6.45. The molecule has 0 bridgehead atoms. The summed E-state index contributed by atoms with van der Waals surface area (Å²) in [6.07, 6.45) is 0. The molecule has 2 heteroatoms. The Morgan fingerprint density at radius 2 is 0.895 bits per heavy atom. The first-order chi connectivity index (χ1) is 18.7. The molecule has 8 aromatic rings. The Balaban J connectivity index is 1.66. The molecule has 2 nitrogen and oxygen atoms in total. The molecule has 0 aliphatic carbocycles.